The van der Waals surface area contributed by atoms with Crippen molar-refractivity contribution in [2.75, 3.05) is 18.6 Å². The number of aromatic nitrogens is 3. The number of carbonyl (C=O) groups is 2. The minimum atomic E-state index is -1.08. The van der Waals surface area contributed by atoms with Crippen LogP contribution in [-0.2, 0) is 16.1 Å². The molecular weight excluding hydrogens is 473 g/mol. The Kier molecular flexibility index (Phi) is 8.12. The van der Waals surface area contributed by atoms with Gasteiger partial charge in [0.25, 0.3) is 0 Å². The van der Waals surface area contributed by atoms with Crippen molar-refractivity contribution in [1.29, 1.82) is 0 Å². The summed E-state index contributed by atoms with van der Waals surface area (Å²) in [7, 11) is 1.53. The van der Waals surface area contributed by atoms with Crippen LogP contribution in [0.4, 0.5) is 10.1 Å². The van der Waals surface area contributed by atoms with Gasteiger partial charge in [-0.15, -0.1) is 5.10 Å². The molecule has 0 bridgehead atoms. The van der Waals surface area contributed by atoms with E-state index in [1.54, 1.807) is 36.4 Å². The molecular formula is C28H30FN5O3. The predicted octanol–water partition coefficient (Wildman–Crippen LogP) is 4.52. The number of nitrogens with one attached hydrogen (secondary N) is 1. The van der Waals surface area contributed by atoms with Crippen molar-refractivity contribution in [3.8, 4) is 5.75 Å². The van der Waals surface area contributed by atoms with Gasteiger partial charge in [0.05, 0.1) is 12.6 Å². The van der Waals surface area contributed by atoms with Gasteiger partial charge in [-0.2, -0.15) is 0 Å². The molecule has 4 rings (SSSR count). The molecule has 9 heteroatoms. The fourth-order valence-corrected chi connectivity index (χ4v) is 4.11. The van der Waals surface area contributed by atoms with Crippen molar-refractivity contribution in [3.63, 3.8) is 0 Å². The Morgan fingerprint density at radius 3 is 2.59 bits per heavy atom. The molecule has 0 fully saturated rings. The molecule has 0 saturated heterocycles. The van der Waals surface area contributed by atoms with Crippen molar-refractivity contribution in [2.24, 2.45) is 5.92 Å². The zero-order chi connectivity index (χ0) is 26.4. The molecule has 2 amide bonds. The van der Waals surface area contributed by atoms with Gasteiger partial charge < -0.3 is 10.1 Å². The number of nitrogens with zero attached hydrogens (tertiary/aromatic N) is 4. The molecule has 0 saturated carbocycles. The third-order valence-corrected chi connectivity index (χ3v) is 6.00. The first-order valence-corrected chi connectivity index (χ1v) is 12.1. The highest BCUT2D eigenvalue weighted by molar-refractivity contribution is 6.01. The lowest BCUT2D eigenvalue weighted by molar-refractivity contribution is -0.127. The smallest absolute Gasteiger partial charge is 0.249 e. The maximum Gasteiger partial charge on any atom is 0.249 e. The average molecular weight is 504 g/mol. The van der Waals surface area contributed by atoms with Crippen LogP contribution in [0.1, 0.15) is 31.9 Å². The van der Waals surface area contributed by atoms with Gasteiger partial charge in [0.2, 0.25) is 11.8 Å². The number of fused-ring (bicyclic) bond motifs is 1. The second-order valence-electron chi connectivity index (χ2n) is 9.13. The first-order valence-electron chi connectivity index (χ1n) is 12.1. The third-order valence-electron chi connectivity index (χ3n) is 6.00. The van der Waals surface area contributed by atoms with E-state index in [4.69, 9.17) is 4.74 Å². The fourth-order valence-electron chi connectivity index (χ4n) is 4.11. The molecule has 0 radical (unpaired) electrons. The van der Waals surface area contributed by atoms with E-state index in [2.05, 4.69) is 29.5 Å². The number of hydrogen-bond acceptors (Lipinski definition) is 5. The largest absolute Gasteiger partial charge is 0.497 e. The molecule has 192 valence electrons. The summed E-state index contributed by atoms with van der Waals surface area (Å²) >= 11 is 0. The van der Waals surface area contributed by atoms with Gasteiger partial charge in [-0.3, -0.25) is 14.5 Å². The number of para-hydroxylation sites is 1. The van der Waals surface area contributed by atoms with E-state index in [0.717, 1.165) is 6.42 Å². The summed E-state index contributed by atoms with van der Waals surface area (Å²) in [4.78, 5) is 28.9. The lowest BCUT2D eigenvalue weighted by Crippen LogP contribution is -2.45. The number of carbonyl (C=O) groups excluding carboxylic acids is 2. The Balaban J connectivity index is 1.78. The summed E-state index contributed by atoms with van der Waals surface area (Å²) in [5.74, 6) is -0.433. The number of benzene rings is 3. The molecule has 8 nitrogen and oxygen atoms in total. The number of anilines is 1. The molecule has 0 spiro atoms. The molecule has 0 aliphatic rings. The zero-order valence-electron chi connectivity index (χ0n) is 21.1. The number of halogens is 1. The fraction of sp³-hybridized carbons (Fsp3) is 0.286. The van der Waals surface area contributed by atoms with Crippen LogP contribution >= 0.6 is 0 Å². The minimum absolute atomic E-state index is 0.198. The Bertz CT molecular complexity index is 1390. The van der Waals surface area contributed by atoms with E-state index in [1.165, 1.54) is 34.9 Å². The molecule has 1 atom stereocenters. The summed E-state index contributed by atoms with van der Waals surface area (Å²) in [5, 5.41) is 11.2. The molecule has 1 aromatic heterocycles. The highest BCUT2D eigenvalue weighted by atomic mass is 19.1. The highest BCUT2D eigenvalue weighted by Crippen LogP contribution is 2.31. The molecule has 3 aromatic carbocycles. The van der Waals surface area contributed by atoms with E-state index in [9.17, 15) is 14.0 Å². The number of methoxy groups -OCH3 is 1. The van der Waals surface area contributed by atoms with Crippen molar-refractivity contribution in [1.82, 2.24) is 20.3 Å². The van der Waals surface area contributed by atoms with E-state index in [-0.39, 0.29) is 18.1 Å². The van der Waals surface area contributed by atoms with Crippen LogP contribution in [0.15, 0.2) is 72.8 Å². The molecule has 4 aromatic rings. The second-order valence-corrected chi connectivity index (χ2v) is 9.13. The lowest BCUT2D eigenvalue weighted by Gasteiger charge is -2.32. The van der Waals surface area contributed by atoms with Crippen LogP contribution in [0.25, 0.3) is 11.0 Å². The van der Waals surface area contributed by atoms with Crippen molar-refractivity contribution in [2.45, 2.75) is 32.9 Å². The summed E-state index contributed by atoms with van der Waals surface area (Å²) in [6.45, 7) is 4.38. The van der Waals surface area contributed by atoms with Gasteiger partial charge in [-0.05, 0) is 60.4 Å². The standard InChI is InChI=1S/C28H30FN5O3/c1-19(2)14-15-30-28(36)27(20-8-6-11-23(16-20)37-3)34(22-10-7-9-21(29)17-22)26(35)18-33-25-13-5-4-12-24(25)31-32-33/h4-13,16-17,19,27H,14-15,18H2,1-3H3,(H,30,36)/t27-/m1/s1. The zero-order valence-corrected chi connectivity index (χ0v) is 21.1. The van der Waals surface area contributed by atoms with Gasteiger partial charge >= 0.3 is 0 Å². The summed E-state index contributed by atoms with van der Waals surface area (Å²) < 4.78 is 21.2. The van der Waals surface area contributed by atoms with Gasteiger partial charge in [-0.25, -0.2) is 9.07 Å². The predicted molar refractivity (Wildman–Crippen MR) is 140 cm³/mol. The monoisotopic (exact) mass is 503 g/mol. The lowest BCUT2D eigenvalue weighted by atomic mass is 10.0. The SMILES string of the molecule is COc1cccc([C@H](C(=O)NCCC(C)C)N(C(=O)Cn2nnc3ccccc32)c2cccc(F)c2)c1. The maximum atomic E-state index is 14.4. The summed E-state index contributed by atoms with van der Waals surface area (Å²) in [5.41, 5.74) is 2.10. The van der Waals surface area contributed by atoms with Crippen molar-refractivity contribution < 1.29 is 18.7 Å². The molecule has 0 aliphatic carbocycles. The van der Waals surface area contributed by atoms with Crippen LogP contribution < -0.4 is 15.0 Å². The molecule has 37 heavy (non-hydrogen) atoms. The van der Waals surface area contributed by atoms with Crippen molar-refractivity contribution >= 4 is 28.5 Å². The van der Waals surface area contributed by atoms with Crippen LogP contribution in [-0.4, -0.2) is 40.5 Å². The van der Waals surface area contributed by atoms with Crippen LogP contribution in [0.2, 0.25) is 0 Å². The van der Waals surface area contributed by atoms with Gasteiger partial charge in [0, 0.05) is 12.2 Å². The average Bonchev–Trinajstić information content (AvgIpc) is 3.29. The summed E-state index contributed by atoms with van der Waals surface area (Å²) in [6, 6.07) is 18.8. The summed E-state index contributed by atoms with van der Waals surface area (Å²) in [6.07, 6.45) is 0.773. The molecule has 0 unspecified atom stereocenters. The minimum Gasteiger partial charge on any atom is -0.497 e. The van der Waals surface area contributed by atoms with Crippen molar-refractivity contribution in [3.05, 3.63) is 84.2 Å². The van der Waals surface area contributed by atoms with E-state index < -0.39 is 17.8 Å². The van der Waals surface area contributed by atoms with Crippen LogP contribution in [0, 0.1) is 11.7 Å². The quantitative estimate of drug-likeness (QED) is 0.344. The normalized spacial score (nSPS) is 11.9. The van der Waals surface area contributed by atoms with E-state index >= 15 is 0 Å². The topological polar surface area (TPSA) is 89.4 Å². The second kappa shape index (κ2) is 11.6. The Labute approximate surface area is 215 Å². The number of hydrogen-bond donors (Lipinski definition) is 1. The van der Waals surface area contributed by atoms with Gasteiger partial charge in [0.1, 0.15) is 29.7 Å². The number of rotatable bonds is 10. The number of ether oxygens (including phenoxy) is 1. The molecule has 1 N–H and O–H groups in total. The van der Waals surface area contributed by atoms with E-state index in [0.29, 0.717) is 34.8 Å². The van der Waals surface area contributed by atoms with E-state index in [1.807, 2.05) is 18.2 Å². The van der Waals surface area contributed by atoms with Gasteiger partial charge in [-0.1, -0.05) is 49.4 Å². The Hall–Kier alpha value is -4.27. The van der Waals surface area contributed by atoms with Crippen LogP contribution in [0.5, 0.6) is 5.75 Å². The van der Waals surface area contributed by atoms with Gasteiger partial charge in [0.15, 0.2) is 0 Å². The first-order chi connectivity index (χ1) is 17.9. The molecule has 1 heterocycles. The highest BCUT2D eigenvalue weighted by Gasteiger charge is 2.33. The Morgan fingerprint density at radius 2 is 1.84 bits per heavy atom. The maximum absolute atomic E-state index is 14.4. The third kappa shape index (κ3) is 6.11. The molecule has 0 aliphatic heterocycles. The Morgan fingerprint density at radius 1 is 1.05 bits per heavy atom. The first kappa shape index (κ1) is 25.8. The number of amides is 2. The van der Waals surface area contributed by atoms with Crippen LogP contribution in [0.3, 0.4) is 0 Å².